The van der Waals surface area contributed by atoms with E-state index in [1.54, 1.807) is 22.3 Å². The number of piperazine rings is 1. The van der Waals surface area contributed by atoms with Gasteiger partial charge >= 0.3 is 0 Å². The van der Waals surface area contributed by atoms with Crippen LogP contribution in [-0.4, -0.2) is 61.5 Å². The molecule has 1 fully saturated rings. The van der Waals surface area contributed by atoms with Crippen molar-refractivity contribution >= 4 is 34.8 Å². The van der Waals surface area contributed by atoms with Crippen LogP contribution in [0.25, 0.3) is 0 Å². The first-order valence-corrected chi connectivity index (χ1v) is 10.1. The van der Waals surface area contributed by atoms with Gasteiger partial charge in [0.1, 0.15) is 0 Å². The van der Waals surface area contributed by atoms with Gasteiger partial charge < -0.3 is 20.1 Å². The van der Waals surface area contributed by atoms with E-state index in [-0.39, 0.29) is 29.0 Å². The Morgan fingerprint density at radius 3 is 2.61 bits per heavy atom. The summed E-state index contributed by atoms with van der Waals surface area (Å²) in [6.45, 7) is 3.50. The van der Waals surface area contributed by atoms with Crippen molar-refractivity contribution in [2.24, 2.45) is 5.73 Å². The number of amides is 2. The third-order valence-corrected chi connectivity index (χ3v) is 5.60. The Morgan fingerprint density at radius 1 is 1.25 bits per heavy atom. The quantitative estimate of drug-likeness (QED) is 0.738. The molecule has 150 valence electrons. The summed E-state index contributed by atoms with van der Waals surface area (Å²) in [5, 5.41) is 2.27. The molecule has 1 aromatic heterocycles. The predicted octanol–water partition coefficient (Wildman–Crippen LogP) is 2.23. The molecular weight excluding hydrogens is 402 g/mol. The highest BCUT2D eigenvalue weighted by molar-refractivity contribution is 7.09. The Morgan fingerprint density at radius 2 is 2.00 bits per heavy atom. The lowest BCUT2D eigenvalue weighted by Crippen LogP contribution is -2.48. The van der Waals surface area contributed by atoms with E-state index in [4.69, 9.17) is 26.8 Å². The molecule has 28 heavy (non-hydrogen) atoms. The van der Waals surface area contributed by atoms with Crippen molar-refractivity contribution in [1.82, 2.24) is 9.80 Å². The van der Waals surface area contributed by atoms with E-state index in [1.165, 1.54) is 18.1 Å². The van der Waals surface area contributed by atoms with E-state index in [2.05, 4.69) is 16.3 Å². The lowest BCUT2D eigenvalue weighted by atomic mass is 10.1. The summed E-state index contributed by atoms with van der Waals surface area (Å²) in [7, 11) is 1.44. The van der Waals surface area contributed by atoms with Crippen LogP contribution in [0.3, 0.4) is 0 Å². The molecule has 3 rings (SSSR count). The highest BCUT2D eigenvalue weighted by atomic mass is 35.5. The number of nitrogens with two attached hydrogens (primary N) is 1. The zero-order valence-electron chi connectivity index (χ0n) is 15.5. The minimum Gasteiger partial charge on any atom is -0.493 e. The fraction of sp³-hybridized carbons (Fsp3) is 0.368. The van der Waals surface area contributed by atoms with Crippen LogP contribution in [0, 0.1) is 0 Å². The molecule has 1 aromatic carbocycles. The molecular formula is C19H22ClN3O4S. The number of hydrogen-bond donors (Lipinski definition) is 1. The van der Waals surface area contributed by atoms with Crippen LogP contribution in [0.4, 0.5) is 0 Å². The molecule has 2 aromatic rings. The summed E-state index contributed by atoms with van der Waals surface area (Å²) in [6.07, 6.45) is 0. The monoisotopic (exact) mass is 423 g/mol. The second-order valence-electron chi connectivity index (χ2n) is 6.39. The Labute approximate surface area is 172 Å². The van der Waals surface area contributed by atoms with Crippen LogP contribution in [0.2, 0.25) is 5.02 Å². The molecule has 0 atom stereocenters. The molecule has 0 saturated carbocycles. The van der Waals surface area contributed by atoms with Gasteiger partial charge in [0.2, 0.25) is 0 Å². The second-order valence-corrected chi connectivity index (χ2v) is 7.83. The fourth-order valence-electron chi connectivity index (χ4n) is 3.04. The summed E-state index contributed by atoms with van der Waals surface area (Å²) < 4.78 is 10.6. The van der Waals surface area contributed by atoms with Gasteiger partial charge in [-0.1, -0.05) is 17.7 Å². The van der Waals surface area contributed by atoms with Gasteiger partial charge in [-0.25, -0.2) is 0 Å². The Kier molecular flexibility index (Phi) is 6.77. The van der Waals surface area contributed by atoms with Crippen LogP contribution in [0.1, 0.15) is 15.2 Å². The van der Waals surface area contributed by atoms with E-state index in [0.29, 0.717) is 18.7 Å². The number of nitrogens with zero attached hydrogens (tertiary/aromatic N) is 2. The maximum absolute atomic E-state index is 12.9. The zero-order chi connectivity index (χ0) is 20.1. The highest BCUT2D eigenvalue weighted by Crippen LogP contribution is 2.36. The molecule has 2 heterocycles. The fourth-order valence-corrected chi connectivity index (χ4v) is 4.05. The van der Waals surface area contributed by atoms with Crippen molar-refractivity contribution in [3.05, 3.63) is 45.1 Å². The Balaban J connectivity index is 1.65. The average Bonchev–Trinajstić information content (AvgIpc) is 3.19. The number of ether oxygens (including phenoxy) is 2. The summed E-state index contributed by atoms with van der Waals surface area (Å²) in [5.74, 6) is -0.259. The number of benzene rings is 1. The summed E-state index contributed by atoms with van der Waals surface area (Å²) in [4.78, 5) is 29.3. The normalized spacial score (nSPS) is 14.7. The summed E-state index contributed by atoms with van der Waals surface area (Å²) >= 11 is 7.99. The molecule has 0 bridgehead atoms. The van der Waals surface area contributed by atoms with Gasteiger partial charge in [-0.05, 0) is 23.6 Å². The average molecular weight is 424 g/mol. The van der Waals surface area contributed by atoms with Crippen molar-refractivity contribution in [1.29, 1.82) is 0 Å². The van der Waals surface area contributed by atoms with Gasteiger partial charge in [0.15, 0.2) is 18.1 Å². The van der Waals surface area contributed by atoms with E-state index in [1.807, 2.05) is 6.07 Å². The molecule has 9 heteroatoms. The van der Waals surface area contributed by atoms with Crippen LogP contribution in [0.15, 0.2) is 29.6 Å². The molecule has 2 N–H and O–H groups in total. The zero-order valence-corrected chi connectivity index (χ0v) is 17.1. The van der Waals surface area contributed by atoms with Crippen molar-refractivity contribution in [3.8, 4) is 11.5 Å². The highest BCUT2D eigenvalue weighted by Gasteiger charge is 2.24. The van der Waals surface area contributed by atoms with Gasteiger partial charge in [0.25, 0.3) is 11.8 Å². The largest absolute Gasteiger partial charge is 0.493 e. The van der Waals surface area contributed by atoms with Gasteiger partial charge in [0.05, 0.1) is 12.1 Å². The number of thiophene rings is 1. The van der Waals surface area contributed by atoms with Gasteiger partial charge in [0, 0.05) is 43.2 Å². The molecule has 0 spiro atoms. The molecule has 0 unspecified atom stereocenters. The number of carbonyl (C=O) groups excluding carboxylic acids is 2. The van der Waals surface area contributed by atoms with Crippen LogP contribution >= 0.6 is 22.9 Å². The third-order valence-electron chi connectivity index (χ3n) is 4.45. The molecule has 0 radical (unpaired) electrons. The van der Waals surface area contributed by atoms with Crippen molar-refractivity contribution in [3.63, 3.8) is 0 Å². The first-order chi connectivity index (χ1) is 13.5. The Hall–Kier alpha value is -2.29. The molecule has 2 amide bonds. The van der Waals surface area contributed by atoms with Gasteiger partial charge in [-0.2, -0.15) is 0 Å². The molecule has 1 saturated heterocycles. The maximum atomic E-state index is 12.9. The van der Waals surface area contributed by atoms with Gasteiger partial charge in [-0.3, -0.25) is 14.5 Å². The molecule has 0 aliphatic carbocycles. The van der Waals surface area contributed by atoms with E-state index in [0.717, 1.165) is 19.6 Å². The number of rotatable bonds is 7. The van der Waals surface area contributed by atoms with Crippen molar-refractivity contribution in [2.45, 2.75) is 6.54 Å². The molecule has 7 nitrogen and oxygen atoms in total. The smallest absolute Gasteiger partial charge is 0.255 e. The van der Waals surface area contributed by atoms with Crippen molar-refractivity contribution in [2.75, 3.05) is 39.9 Å². The molecule has 1 aliphatic rings. The number of primary amides is 1. The number of carbonyl (C=O) groups is 2. The first-order valence-electron chi connectivity index (χ1n) is 8.80. The van der Waals surface area contributed by atoms with Crippen LogP contribution in [-0.2, 0) is 11.3 Å². The minimum atomic E-state index is -0.626. The summed E-state index contributed by atoms with van der Waals surface area (Å²) in [5.41, 5.74) is 5.52. The lowest BCUT2D eigenvalue weighted by molar-refractivity contribution is -0.119. The van der Waals surface area contributed by atoms with Crippen LogP contribution in [0.5, 0.6) is 11.5 Å². The second kappa shape index (κ2) is 9.27. The standard InChI is InChI=1S/C19H22ClN3O4S/c1-26-16-10-13(9-15(20)18(16)27-12-17(21)24)19(25)23-6-4-22(5-7-23)11-14-3-2-8-28-14/h2-3,8-10H,4-7,11-12H2,1H3,(H2,21,24). The number of methoxy groups -OCH3 is 1. The lowest BCUT2D eigenvalue weighted by Gasteiger charge is -2.34. The van der Waals surface area contributed by atoms with Crippen molar-refractivity contribution < 1.29 is 19.1 Å². The number of hydrogen-bond acceptors (Lipinski definition) is 6. The van der Waals surface area contributed by atoms with E-state index in [9.17, 15) is 9.59 Å². The molecule has 1 aliphatic heterocycles. The van der Waals surface area contributed by atoms with Gasteiger partial charge in [-0.15, -0.1) is 11.3 Å². The minimum absolute atomic E-state index is 0.113. The topological polar surface area (TPSA) is 85.1 Å². The SMILES string of the molecule is COc1cc(C(=O)N2CCN(Cc3cccs3)CC2)cc(Cl)c1OCC(N)=O. The third kappa shape index (κ3) is 4.95. The Bertz CT molecular complexity index is 836. The van der Waals surface area contributed by atoms with Crippen LogP contribution < -0.4 is 15.2 Å². The van der Waals surface area contributed by atoms with E-state index >= 15 is 0 Å². The maximum Gasteiger partial charge on any atom is 0.255 e. The van der Waals surface area contributed by atoms with E-state index < -0.39 is 5.91 Å². The predicted molar refractivity (Wildman–Crippen MR) is 108 cm³/mol. The number of halogens is 1. The summed E-state index contributed by atoms with van der Waals surface area (Å²) in [6, 6.07) is 7.27. The first kappa shape index (κ1) is 20.4.